The molecule has 44 valence electrons. The maximum Gasteiger partial charge on any atom is 0.0925 e. The van der Waals surface area contributed by atoms with Crippen molar-refractivity contribution in [1.29, 1.82) is 0 Å². The summed E-state index contributed by atoms with van der Waals surface area (Å²) in [5.41, 5.74) is 2.36. The van der Waals surface area contributed by atoms with Gasteiger partial charge in [-0.3, -0.25) is 0 Å². The first-order chi connectivity index (χ1) is 3.84. The summed E-state index contributed by atoms with van der Waals surface area (Å²) < 4.78 is 0. The Labute approximate surface area is 49.0 Å². The first-order valence-corrected chi connectivity index (χ1v) is 2.83. The zero-order chi connectivity index (χ0) is 5.98. The second-order valence-electron chi connectivity index (χ2n) is 1.82. The van der Waals surface area contributed by atoms with Crippen molar-refractivity contribution in [2.75, 3.05) is 0 Å². The Morgan fingerprint density at radius 2 is 2.50 bits per heavy atom. The maximum absolute atomic E-state index is 4.03. The molecule has 0 bridgehead atoms. The van der Waals surface area contributed by atoms with Crippen molar-refractivity contribution in [2.45, 2.75) is 20.3 Å². The van der Waals surface area contributed by atoms with Crippen LogP contribution in [-0.2, 0) is 6.42 Å². The van der Waals surface area contributed by atoms with Gasteiger partial charge in [-0.1, -0.05) is 6.92 Å². The Kier molecular flexibility index (Phi) is 1.33. The van der Waals surface area contributed by atoms with Crippen LogP contribution in [0.5, 0.6) is 0 Å². The third kappa shape index (κ3) is 0.735. The molecular weight excluding hydrogens is 100 g/mol. The van der Waals surface area contributed by atoms with Crippen molar-refractivity contribution >= 4 is 0 Å². The van der Waals surface area contributed by atoms with Crippen LogP contribution in [0, 0.1) is 6.92 Å². The number of hydrogen-bond acceptors (Lipinski definition) is 1. The van der Waals surface area contributed by atoms with E-state index in [-0.39, 0.29) is 0 Å². The molecule has 1 rings (SSSR count). The zero-order valence-corrected chi connectivity index (χ0v) is 5.23. The lowest BCUT2D eigenvalue weighted by Crippen LogP contribution is -1.81. The number of nitrogens with zero attached hydrogens (tertiary/aromatic N) is 1. The topological polar surface area (TPSA) is 28.7 Å². The minimum Gasteiger partial charge on any atom is -0.348 e. The number of imidazole rings is 1. The van der Waals surface area contributed by atoms with Crippen LogP contribution < -0.4 is 0 Å². The average Bonchev–Trinajstić information content (AvgIpc) is 2.14. The molecule has 0 amide bonds. The van der Waals surface area contributed by atoms with Crippen molar-refractivity contribution in [2.24, 2.45) is 0 Å². The number of hydrogen-bond donors (Lipinski definition) is 1. The first-order valence-electron chi connectivity index (χ1n) is 2.83. The van der Waals surface area contributed by atoms with Gasteiger partial charge in [-0.15, -0.1) is 0 Å². The first kappa shape index (κ1) is 5.35. The molecule has 0 radical (unpaired) electrons. The van der Waals surface area contributed by atoms with Crippen molar-refractivity contribution in [1.82, 2.24) is 9.97 Å². The molecule has 0 aliphatic carbocycles. The van der Waals surface area contributed by atoms with Gasteiger partial charge in [-0.25, -0.2) is 4.98 Å². The second kappa shape index (κ2) is 1.99. The van der Waals surface area contributed by atoms with Crippen LogP contribution in [0.25, 0.3) is 0 Å². The fourth-order valence-corrected chi connectivity index (χ4v) is 0.747. The highest BCUT2D eigenvalue weighted by molar-refractivity contribution is 5.07. The van der Waals surface area contributed by atoms with Gasteiger partial charge in [0.05, 0.1) is 12.0 Å². The molecule has 0 atom stereocenters. The molecule has 2 heteroatoms. The Morgan fingerprint density at radius 3 is 2.75 bits per heavy atom. The minimum absolute atomic E-state index is 1.05. The Morgan fingerprint density at radius 1 is 1.75 bits per heavy atom. The van der Waals surface area contributed by atoms with E-state index in [0.717, 1.165) is 12.1 Å². The summed E-state index contributed by atoms with van der Waals surface area (Å²) in [5.74, 6) is 0. The Bertz CT molecular complexity index is 167. The third-order valence-corrected chi connectivity index (χ3v) is 1.29. The van der Waals surface area contributed by atoms with Gasteiger partial charge < -0.3 is 4.98 Å². The van der Waals surface area contributed by atoms with Crippen LogP contribution in [0.1, 0.15) is 18.3 Å². The monoisotopic (exact) mass is 110 g/mol. The predicted molar refractivity (Wildman–Crippen MR) is 32.7 cm³/mol. The maximum atomic E-state index is 4.03. The molecule has 1 heterocycles. The molecule has 0 aliphatic heterocycles. The molecule has 1 N–H and O–H groups in total. The van der Waals surface area contributed by atoms with Gasteiger partial charge in [0.15, 0.2) is 0 Å². The highest BCUT2D eigenvalue weighted by atomic mass is 14.9. The van der Waals surface area contributed by atoms with Crippen LogP contribution in [0.3, 0.4) is 0 Å². The van der Waals surface area contributed by atoms with E-state index in [0.29, 0.717) is 0 Å². The van der Waals surface area contributed by atoms with Gasteiger partial charge in [0.1, 0.15) is 0 Å². The van der Waals surface area contributed by atoms with E-state index in [2.05, 4.69) is 16.9 Å². The van der Waals surface area contributed by atoms with Gasteiger partial charge in [0.25, 0.3) is 0 Å². The van der Waals surface area contributed by atoms with Crippen LogP contribution in [0.15, 0.2) is 6.33 Å². The summed E-state index contributed by atoms with van der Waals surface area (Å²) in [6.07, 6.45) is 2.78. The lowest BCUT2D eigenvalue weighted by atomic mass is 10.3. The fraction of sp³-hybridized carbons (Fsp3) is 0.500. The molecule has 0 spiro atoms. The molecule has 8 heavy (non-hydrogen) atoms. The van der Waals surface area contributed by atoms with Crippen molar-refractivity contribution in [3.05, 3.63) is 17.7 Å². The lowest BCUT2D eigenvalue weighted by molar-refractivity contribution is 1.04. The molecule has 0 aromatic carbocycles. The van der Waals surface area contributed by atoms with Gasteiger partial charge in [0, 0.05) is 5.69 Å². The van der Waals surface area contributed by atoms with Crippen LogP contribution in [0.4, 0.5) is 0 Å². The average molecular weight is 110 g/mol. The van der Waals surface area contributed by atoms with E-state index in [1.54, 1.807) is 6.33 Å². The Balaban J connectivity index is 2.92. The van der Waals surface area contributed by atoms with Gasteiger partial charge >= 0.3 is 0 Å². The van der Waals surface area contributed by atoms with Crippen LogP contribution >= 0.6 is 0 Å². The summed E-state index contributed by atoms with van der Waals surface area (Å²) >= 11 is 0. The molecule has 1 aromatic heterocycles. The van der Waals surface area contributed by atoms with Crippen molar-refractivity contribution < 1.29 is 0 Å². The summed E-state index contributed by atoms with van der Waals surface area (Å²) in [4.78, 5) is 7.08. The number of aromatic amines is 1. The van der Waals surface area contributed by atoms with Crippen molar-refractivity contribution in [3.8, 4) is 0 Å². The molecule has 2 nitrogen and oxygen atoms in total. The van der Waals surface area contributed by atoms with Gasteiger partial charge in [-0.2, -0.15) is 0 Å². The lowest BCUT2D eigenvalue weighted by Gasteiger charge is -1.87. The highest BCUT2D eigenvalue weighted by Crippen LogP contribution is 1.98. The van der Waals surface area contributed by atoms with E-state index in [4.69, 9.17) is 0 Å². The molecule has 0 saturated carbocycles. The third-order valence-electron chi connectivity index (χ3n) is 1.29. The highest BCUT2D eigenvalue weighted by Gasteiger charge is 1.93. The molecule has 0 unspecified atom stereocenters. The molecule has 1 aromatic rings. The number of aryl methyl sites for hydroxylation is 2. The SMILES string of the molecule is CCc1[nH]cnc1C. The number of aromatic nitrogens is 2. The van der Waals surface area contributed by atoms with E-state index in [1.165, 1.54) is 5.69 Å². The predicted octanol–water partition coefficient (Wildman–Crippen LogP) is 1.28. The van der Waals surface area contributed by atoms with Gasteiger partial charge in [-0.05, 0) is 13.3 Å². The second-order valence-corrected chi connectivity index (χ2v) is 1.82. The van der Waals surface area contributed by atoms with Crippen molar-refractivity contribution in [3.63, 3.8) is 0 Å². The fourth-order valence-electron chi connectivity index (χ4n) is 0.747. The summed E-state index contributed by atoms with van der Waals surface area (Å²) in [5, 5.41) is 0. The smallest absolute Gasteiger partial charge is 0.0925 e. The Hall–Kier alpha value is -0.790. The van der Waals surface area contributed by atoms with Crippen LogP contribution in [0.2, 0.25) is 0 Å². The molecule has 0 aliphatic rings. The van der Waals surface area contributed by atoms with E-state index >= 15 is 0 Å². The largest absolute Gasteiger partial charge is 0.348 e. The van der Waals surface area contributed by atoms with E-state index in [1.807, 2.05) is 6.92 Å². The number of nitrogens with one attached hydrogen (secondary N) is 1. The van der Waals surface area contributed by atoms with Gasteiger partial charge in [0.2, 0.25) is 0 Å². The quantitative estimate of drug-likeness (QED) is 0.579. The molecule has 0 saturated heterocycles. The summed E-state index contributed by atoms with van der Waals surface area (Å²) in [6, 6.07) is 0. The number of H-pyrrole nitrogens is 1. The van der Waals surface area contributed by atoms with Crippen LogP contribution in [-0.4, -0.2) is 9.97 Å². The van der Waals surface area contributed by atoms with E-state index < -0.39 is 0 Å². The zero-order valence-electron chi connectivity index (χ0n) is 5.23. The summed E-state index contributed by atoms with van der Waals surface area (Å²) in [6.45, 7) is 4.12. The molecule has 0 fully saturated rings. The summed E-state index contributed by atoms with van der Waals surface area (Å²) in [7, 11) is 0. The normalized spacial score (nSPS) is 9.75. The molecular formula is C6H10N2. The standard InChI is InChI=1S/C6H10N2/c1-3-6-5(2)7-4-8-6/h4H,3H2,1-2H3,(H,7,8). The minimum atomic E-state index is 1.05. The van der Waals surface area contributed by atoms with E-state index in [9.17, 15) is 0 Å². The number of rotatable bonds is 1.